The van der Waals surface area contributed by atoms with Gasteiger partial charge in [0.1, 0.15) is 17.4 Å². The first-order chi connectivity index (χ1) is 18.8. The number of nitrogens with one attached hydrogen (secondary N) is 1. The van der Waals surface area contributed by atoms with Crippen LogP contribution in [0.3, 0.4) is 0 Å². The number of amides is 1. The lowest BCUT2D eigenvalue weighted by molar-refractivity contribution is 0.102. The third-order valence-corrected chi connectivity index (χ3v) is 8.63. The molecule has 0 unspecified atom stereocenters. The van der Waals surface area contributed by atoms with Gasteiger partial charge in [0.25, 0.3) is 5.91 Å². The highest BCUT2D eigenvalue weighted by molar-refractivity contribution is 7.16. The van der Waals surface area contributed by atoms with Crippen LogP contribution >= 0.6 is 11.3 Å². The van der Waals surface area contributed by atoms with Crippen LogP contribution < -0.4 is 10.1 Å². The van der Waals surface area contributed by atoms with Gasteiger partial charge in [0.2, 0.25) is 0 Å². The van der Waals surface area contributed by atoms with Crippen molar-refractivity contribution in [3.8, 4) is 5.75 Å². The van der Waals surface area contributed by atoms with Gasteiger partial charge >= 0.3 is 0 Å². The highest BCUT2D eigenvalue weighted by Gasteiger charge is 2.33. The maximum Gasteiger partial charge on any atom is 0.259 e. The number of fused-ring (bicyclic) bond motifs is 1. The van der Waals surface area contributed by atoms with Gasteiger partial charge < -0.3 is 10.1 Å². The maximum absolute atomic E-state index is 13.5. The summed E-state index contributed by atoms with van der Waals surface area (Å²) in [6.45, 7) is 9.55. The number of benzene rings is 3. The van der Waals surface area contributed by atoms with Crippen LogP contribution in [0.4, 0.5) is 10.7 Å². The molecule has 5 heteroatoms. The van der Waals surface area contributed by atoms with E-state index in [-0.39, 0.29) is 11.3 Å². The molecule has 1 aliphatic carbocycles. The van der Waals surface area contributed by atoms with Crippen molar-refractivity contribution in [2.45, 2.75) is 53.6 Å². The highest BCUT2D eigenvalue weighted by Crippen LogP contribution is 2.45. The number of aliphatic imine (C=N–C) groups is 1. The third kappa shape index (κ3) is 6.66. The second-order valence-corrected chi connectivity index (χ2v) is 12.5. The van der Waals surface area contributed by atoms with E-state index in [0.29, 0.717) is 12.5 Å². The Bertz CT molecular complexity index is 1450. The standard InChI is InChI=1S/C34H36N2O2S/c1-23-10-12-25(13-11-23)22-38-28-17-14-24(15-18-28)21-35-33-31(32(37)36-27-8-6-5-7-9-27)29-19-16-26(34(2,3)4)20-30(29)39-33/h5-15,17-18,21,26H,16,19-20,22H2,1-4H3,(H,36,37)/t26-/m0/s1. The monoisotopic (exact) mass is 536 g/mol. The van der Waals surface area contributed by atoms with Crippen LogP contribution in [0.1, 0.15) is 64.7 Å². The summed E-state index contributed by atoms with van der Waals surface area (Å²) in [5, 5.41) is 3.87. The van der Waals surface area contributed by atoms with E-state index in [1.807, 2.05) is 60.8 Å². The van der Waals surface area contributed by atoms with Gasteiger partial charge in [-0.3, -0.25) is 4.79 Å². The predicted octanol–water partition coefficient (Wildman–Crippen LogP) is 8.79. The number of nitrogens with zero attached hydrogens (tertiary/aromatic N) is 1. The van der Waals surface area contributed by atoms with E-state index < -0.39 is 0 Å². The topological polar surface area (TPSA) is 50.7 Å². The third-order valence-electron chi connectivity index (χ3n) is 7.47. The molecule has 1 amide bonds. The van der Waals surface area contributed by atoms with Crippen LogP contribution in [0, 0.1) is 18.3 Å². The molecule has 0 spiro atoms. The summed E-state index contributed by atoms with van der Waals surface area (Å²) in [5.74, 6) is 1.33. The minimum absolute atomic E-state index is 0.0834. The van der Waals surface area contributed by atoms with Crippen LogP contribution in [-0.4, -0.2) is 12.1 Å². The number of thiophene rings is 1. The molecule has 1 N–H and O–H groups in total. The van der Waals surface area contributed by atoms with Gasteiger partial charge in [-0.1, -0.05) is 68.8 Å². The summed E-state index contributed by atoms with van der Waals surface area (Å²) in [4.78, 5) is 19.7. The summed E-state index contributed by atoms with van der Waals surface area (Å²) in [6.07, 6.45) is 4.85. The van der Waals surface area contributed by atoms with Crippen molar-refractivity contribution in [3.63, 3.8) is 0 Å². The molecule has 3 aromatic carbocycles. The van der Waals surface area contributed by atoms with Crippen LogP contribution in [0.5, 0.6) is 5.75 Å². The largest absolute Gasteiger partial charge is 0.489 e. The van der Waals surface area contributed by atoms with E-state index in [0.717, 1.165) is 52.4 Å². The predicted molar refractivity (Wildman–Crippen MR) is 163 cm³/mol. The molecule has 4 nitrogen and oxygen atoms in total. The van der Waals surface area contributed by atoms with Crippen molar-refractivity contribution in [1.29, 1.82) is 0 Å². The van der Waals surface area contributed by atoms with Crippen LogP contribution in [-0.2, 0) is 19.4 Å². The van der Waals surface area contributed by atoms with E-state index in [4.69, 9.17) is 9.73 Å². The lowest BCUT2D eigenvalue weighted by Crippen LogP contribution is -2.27. The Morgan fingerprint density at radius 1 is 1.03 bits per heavy atom. The van der Waals surface area contributed by atoms with Gasteiger partial charge in [-0.05, 0) is 90.6 Å². The van der Waals surface area contributed by atoms with Gasteiger partial charge in [0.05, 0.1) is 5.56 Å². The second kappa shape index (κ2) is 11.6. The number of aryl methyl sites for hydroxylation is 1. The SMILES string of the molecule is Cc1ccc(COc2ccc(C=Nc3sc4c(c3C(=O)Nc3ccccc3)CC[C@H](C(C)(C)C)C4)cc2)cc1. The van der Waals surface area contributed by atoms with Crippen molar-refractivity contribution in [2.24, 2.45) is 16.3 Å². The molecule has 0 fully saturated rings. The molecule has 0 saturated carbocycles. The first-order valence-corrected chi connectivity index (χ1v) is 14.4. The van der Waals surface area contributed by atoms with E-state index in [2.05, 4.69) is 57.3 Å². The Morgan fingerprint density at radius 3 is 2.44 bits per heavy atom. The van der Waals surface area contributed by atoms with Crippen molar-refractivity contribution >= 4 is 34.1 Å². The zero-order chi connectivity index (χ0) is 27.4. The molecule has 1 heterocycles. The van der Waals surface area contributed by atoms with Crippen LogP contribution in [0.2, 0.25) is 0 Å². The molecular weight excluding hydrogens is 500 g/mol. The Morgan fingerprint density at radius 2 is 1.74 bits per heavy atom. The molecule has 1 atom stereocenters. The number of rotatable bonds is 7. The average molecular weight is 537 g/mol. The van der Waals surface area contributed by atoms with Gasteiger partial charge in [-0.2, -0.15) is 0 Å². The Labute approximate surface area is 235 Å². The fourth-order valence-corrected chi connectivity index (χ4v) is 6.25. The molecule has 4 aromatic rings. The van der Waals surface area contributed by atoms with Gasteiger partial charge in [0, 0.05) is 16.8 Å². The molecule has 0 radical (unpaired) electrons. The number of carbonyl (C=O) groups is 1. The molecule has 39 heavy (non-hydrogen) atoms. The van der Waals surface area contributed by atoms with Crippen molar-refractivity contribution in [3.05, 3.63) is 112 Å². The van der Waals surface area contributed by atoms with E-state index in [1.165, 1.54) is 16.0 Å². The van der Waals surface area contributed by atoms with Gasteiger partial charge in [0.15, 0.2) is 0 Å². The van der Waals surface area contributed by atoms with Crippen LogP contribution in [0.25, 0.3) is 0 Å². The van der Waals surface area contributed by atoms with Crippen LogP contribution in [0.15, 0.2) is 83.9 Å². The maximum atomic E-state index is 13.5. The van der Waals surface area contributed by atoms with Crippen molar-refractivity contribution in [2.75, 3.05) is 5.32 Å². The molecular formula is C34H36N2O2S. The summed E-state index contributed by atoms with van der Waals surface area (Å²) < 4.78 is 5.95. The van der Waals surface area contributed by atoms with Crippen molar-refractivity contribution < 1.29 is 9.53 Å². The summed E-state index contributed by atoms with van der Waals surface area (Å²) in [5.41, 5.74) is 6.27. The van der Waals surface area contributed by atoms with E-state index in [9.17, 15) is 4.79 Å². The average Bonchev–Trinajstić information content (AvgIpc) is 3.30. The number of ether oxygens (including phenoxy) is 1. The second-order valence-electron chi connectivity index (χ2n) is 11.4. The quantitative estimate of drug-likeness (QED) is 0.240. The van der Waals surface area contributed by atoms with E-state index in [1.54, 1.807) is 11.3 Å². The Balaban J connectivity index is 1.35. The number of hydrogen-bond donors (Lipinski definition) is 1. The minimum Gasteiger partial charge on any atom is -0.489 e. The van der Waals surface area contributed by atoms with Gasteiger partial charge in [-0.15, -0.1) is 11.3 Å². The zero-order valence-electron chi connectivity index (χ0n) is 23.2. The zero-order valence-corrected chi connectivity index (χ0v) is 24.0. The molecule has 1 aliphatic rings. The lowest BCUT2D eigenvalue weighted by atomic mass is 9.72. The van der Waals surface area contributed by atoms with Gasteiger partial charge in [-0.25, -0.2) is 4.99 Å². The number of carbonyl (C=O) groups excluding carboxylic acids is 1. The number of anilines is 1. The highest BCUT2D eigenvalue weighted by atomic mass is 32.1. The first-order valence-electron chi connectivity index (χ1n) is 13.6. The fourth-order valence-electron chi connectivity index (χ4n) is 4.99. The Hall–Kier alpha value is -3.70. The van der Waals surface area contributed by atoms with Crippen molar-refractivity contribution in [1.82, 2.24) is 0 Å². The molecule has 0 bridgehead atoms. The number of para-hydroxylation sites is 1. The first kappa shape index (κ1) is 26.9. The number of hydrogen-bond acceptors (Lipinski definition) is 4. The smallest absolute Gasteiger partial charge is 0.259 e. The minimum atomic E-state index is -0.0834. The summed E-state index contributed by atoms with van der Waals surface area (Å²) in [6, 6.07) is 25.9. The summed E-state index contributed by atoms with van der Waals surface area (Å²) >= 11 is 1.67. The molecule has 200 valence electrons. The van der Waals surface area contributed by atoms with E-state index >= 15 is 0 Å². The molecule has 1 aromatic heterocycles. The lowest BCUT2D eigenvalue weighted by Gasteiger charge is -2.33. The fraction of sp³-hybridized carbons (Fsp3) is 0.294. The molecule has 0 saturated heterocycles. The molecule has 0 aliphatic heterocycles. The normalized spacial score (nSPS) is 15.2. The summed E-state index contributed by atoms with van der Waals surface area (Å²) in [7, 11) is 0. The molecule has 5 rings (SSSR count). The Kier molecular flexibility index (Phi) is 7.99.